The Labute approximate surface area is 168 Å². The average molecular weight is 400 g/mol. The second kappa shape index (κ2) is 6.59. The second-order valence-electron chi connectivity index (χ2n) is 6.75. The zero-order valence-corrected chi connectivity index (χ0v) is 15.3. The van der Waals surface area contributed by atoms with E-state index in [4.69, 9.17) is 4.42 Å². The molecular formula is C21H12N4O5. The highest BCUT2D eigenvalue weighted by Gasteiger charge is 2.36. The summed E-state index contributed by atoms with van der Waals surface area (Å²) in [5.74, 6) is -0.578. The molecule has 0 saturated heterocycles. The lowest BCUT2D eigenvalue weighted by Crippen LogP contribution is -2.29. The van der Waals surface area contributed by atoms with E-state index in [0.29, 0.717) is 22.2 Å². The molecule has 0 saturated carbocycles. The maximum atomic E-state index is 12.8. The molecule has 1 aliphatic heterocycles. The minimum Gasteiger partial charge on any atom is -0.436 e. The number of rotatable bonds is 4. The van der Waals surface area contributed by atoms with Crippen LogP contribution in [0.15, 0.2) is 65.3 Å². The van der Waals surface area contributed by atoms with Crippen LogP contribution in [0.2, 0.25) is 0 Å². The van der Waals surface area contributed by atoms with Crippen LogP contribution in [0.3, 0.4) is 0 Å². The van der Waals surface area contributed by atoms with E-state index in [-0.39, 0.29) is 29.6 Å². The second-order valence-corrected chi connectivity index (χ2v) is 6.75. The number of imide groups is 1. The van der Waals surface area contributed by atoms with Gasteiger partial charge in [-0.2, -0.15) is 0 Å². The van der Waals surface area contributed by atoms with Crippen LogP contribution in [-0.4, -0.2) is 31.6 Å². The molecular weight excluding hydrogens is 388 g/mol. The van der Waals surface area contributed by atoms with Gasteiger partial charge in [0.05, 0.1) is 22.6 Å². The third-order valence-corrected chi connectivity index (χ3v) is 4.86. The SMILES string of the molecule is O=C1c2ccc(-c3nc4cc([N+](=O)[O-])ccc4o3)cc2C(=O)N1Cc1cccnc1. The highest BCUT2D eigenvalue weighted by Crippen LogP contribution is 2.31. The Morgan fingerprint density at radius 1 is 1.03 bits per heavy atom. The van der Waals surface area contributed by atoms with Crippen LogP contribution >= 0.6 is 0 Å². The van der Waals surface area contributed by atoms with Crippen LogP contribution in [0.5, 0.6) is 0 Å². The van der Waals surface area contributed by atoms with Crippen molar-refractivity contribution in [1.82, 2.24) is 14.9 Å². The van der Waals surface area contributed by atoms with Gasteiger partial charge in [-0.05, 0) is 35.9 Å². The maximum absolute atomic E-state index is 12.8. The molecule has 0 bridgehead atoms. The number of fused-ring (bicyclic) bond motifs is 2. The number of carbonyl (C=O) groups is 2. The number of aromatic nitrogens is 2. The molecule has 0 radical (unpaired) electrons. The molecule has 3 heterocycles. The molecule has 0 fully saturated rings. The summed E-state index contributed by atoms with van der Waals surface area (Å²) in [5.41, 5.74) is 2.43. The zero-order valence-electron chi connectivity index (χ0n) is 15.3. The van der Waals surface area contributed by atoms with Gasteiger partial charge in [-0.3, -0.25) is 29.6 Å². The van der Waals surface area contributed by atoms with Crippen molar-refractivity contribution in [2.45, 2.75) is 6.54 Å². The number of hydrogen-bond acceptors (Lipinski definition) is 7. The van der Waals surface area contributed by atoms with Crippen molar-refractivity contribution in [3.63, 3.8) is 0 Å². The van der Waals surface area contributed by atoms with Gasteiger partial charge in [-0.1, -0.05) is 6.07 Å². The molecule has 4 aromatic rings. The molecule has 9 nitrogen and oxygen atoms in total. The molecule has 2 aromatic heterocycles. The summed E-state index contributed by atoms with van der Waals surface area (Å²) in [7, 11) is 0. The predicted molar refractivity (Wildman–Crippen MR) is 105 cm³/mol. The van der Waals surface area contributed by atoms with E-state index < -0.39 is 10.8 Å². The van der Waals surface area contributed by atoms with Crippen LogP contribution in [0.1, 0.15) is 26.3 Å². The van der Waals surface area contributed by atoms with E-state index in [1.807, 2.05) is 0 Å². The number of benzene rings is 2. The van der Waals surface area contributed by atoms with E-state index in [9.17, 15) is 19.7 Å². The Balaban J connectivity index is 1.50. The summed E-state index contributed by atoms with van der Waals surface area (Å²) in [4.78, 5) is 45.4. The van der Waals surface area contributed by atoms with Crippen molar-refractivity contribution in [2.24, 2.45) is 0 Å². The number of nitro benzene ring substituents is 1. The minimum absolute atomic E-state index is 0.0943. The molecule has 0 N–H and O–H groups in total. The fourth-order valence-corrected chi connectivity index (χ4v) is 3.39. The average Bonchev–Trinajstić information content (AvgIpc) is 3.29. The first kappa shape index (κ1) is 17.7. The van der Waals surface area contributed by atoms with E-state index in [1.165, 1.54) is 23.1 Å². The standard InChI is InChI=1S/C21H12N4O5/c26-20-15-5-3-13(19-23-17-9-14(25(28)29)4-6-18(17)30-19)8-16(15)21(27)24(20)11-12-2-1-7-22-10-12/h1-10H,11H2. The van der Waals surface area contributed by atoms with Gasteiger partial charge in [-0.25, -0.2) is 4.98 Å². The van der Waals surface area contributed by atoms with E-state index >= 15 is 0 Å². The number of non-ortho nitro benzene ring substituents is 1. The van der Waals surface area contributed by atoms with Gasteiger partial charge in [0, 0.05) is 30.1 Å². The van der Waals surface area contributed by atoms with Crippen LogP contribution in [0, 0.1) is 10.1 Å². The summed E-state index contributed by atoms with van der Waals surface area (Å²) in [5, 5.41) is 10.9. The van der Waals surface area contributed by atoms with Crippen molar-refractivity contribution in [2.75, 3.05) is 0 Å². The summed E-state index contributed by atoms with van der Waals surface area (Å²) in [6.07, 6.45) is 3.22. The Morgan fingerprint density at radius 3 is 2.63 bits per heavy atom. The maximum Gasteiger partial charge on any atom is 0.271 e. The Morgan fingerprint density at radius 2 is 1.87 bits per heavy atom. The van der Waals surface area contributed by atoms with Gasteiger partial charge in [0.2, 0.25) is 5.89 Å². The molecule has 30 heavy (non-hydrogen) atoms. The summed E-state index contributed by atoms with van der Waals surface area (Å²) < 4.78 is 5.68. The fourth-order valence-electron chi connectivity index (χ4n) is 3.39. The van der Waals surface area contributed by atoms with Crippen molar-refractivity contribution in [3.8, 4) is 11.5 Å². The first-order valence-electron chi connectivity index (χ1n) is 8.96. The van der Waals surface area contributed by atoms with Crippen LogP contribution in [0.4, 0.5) is 5.69 Å². The van der Waals surface area contributed by atoms with Gasteiger partial charge < -0.3 is 4.42 Å². The molecule has 2 amide bonds. The number of carbonyl (C=O) groups excluding carboxylic acids is 2. The molecule has 0 unspecified atom stereocenters. The number of amides is 2. The fraction of sp³-hybridized carbons (Fsp3) is 0.0476. The molecule has 146 valence electrons. The number of pyridine rings is 1. The molecule has 0 aliphatic carbocycles. The van der Waals surface area contributed by atoms with Gasteiger partial charge in [0.15, 0.2) is 5.58 Å². The Kier molecular flexibility index (Phi) is 3.88. The van der Waals surface area contributed by atoms with E-state index in [1.54, 1.807) is 42.7 Å². The van der Waals surface area contributed by atoms with Crippen molar-refractivity contribution in [3.05, 3.63) is 87.7 Å². The molecule has 0 atom stereocenters. The van der Waals surface area contributed by atoms with Crippen LogP contribution in [-0.2, 0) is 6.54 Å². The van der Waals surface area contributed by atoms with Crippen LogP contribution < -0.4 is 0 Å². The lowest BCUT2D eigenvalue weighted by molar-refractivity contribution is -0.384. The third-order valence-electron chi connectivity index (χ3n) is 4.86. The monoisotopic (exact) mass is 400 g/mol. The number of nitrogens with zero attached hydrogens (tertiary/aromatic N) is 4. The van der Waals surface area contributed by atoms with Gasteiger partial charge in [0.1, 0.15) is 5.52 Å². The van der Waals surface area contributed by atoms with Crippen molar-refractivity contribution < 1.29 is 18.9 Å². The predicted octanol–water partition coefficient (Wildman–Crippen LogP) is 3.59. The molecule has 1 aliphatic rings. The normalized spacial score (nSPS) is 13.1. The quantitative estimate of drug-likeness (QED) is 0.292. The van der Waals surface area contributed by atoms with E-state index in [0.717, 1.165) is 5.56 Å². The Bertz CT molecular complexity index is 1350. The largest absolute Gasteiger partial charge is 0.436 e. The van der Waals surface area contributed by atoms with Gasteiger partial charge in [0.25, 0.3) is 17.5 Å². The molecule has 5 rings (SSSR count). The van der Waals surface area contributed by atoms with Crippen molar-refractivity contribution in [1.29, 1.82) is 0 Å². The summed E-state index contributed by atoms with van der Waals surface area (Å²) >= 11 is 0. The lowest BCUT2D eigenvalue weighted by Gasteiger charge is -2.13. The van der Waals surface area contributed by atoms with Crippen LogP contribution in [0.25, 0.3) is 22.6 Å². The third kappa shape index (κ3) is 2.80. The first-order valence-corrected chi connectivity index (χ1v) is 8.96. The highest BCUT2D eigenvalue weighted by atomic mass is 16.6. The minimum atomic E-state index is -0.510. The topological polar surface area (TPSA) is 119 Å². The summed E-state index contributed by atoms with van der Waals surface area (Å²) in [6, 6.07) is 12.4. The Hall–Kier alpha value is -4.40. The highest BCUT2D eigenvalue weighted by molar-refractivity contribution is 6.21. The lowest BCUT2D eigenvalue weighted by atomic mass is 10.1. The van der Waals surface area contributed by atoms with Gasteiger partial charge >= 0.3 is 0 Å². The zero-order chi connectivity index (χ0) is 20.8. The molecule has 9 heteroatoms. The number of nitro groups is 1. The summed E-state index contributed by atoms with van der Waals surface area (Å²) in [6.45, 7) is 0.127. The number of oxazole rings is 1. The molecule has 0 spiro atoms. The van der Waals surface area contributed by atoms with E-state index in [2.05, 4.69) is 9.97 Å². The van der Waals surface area contributed by atoms with Gasteiger partial charge in [-0.15, -0.1) is 0 Å². The smallest absolute Gasteiger partial charge is 0.271 e. The molecule has 2 aromatic carbocycles. The first-order chi connectivity index (χ1) is 14.5. The van der Waals surface area contributed by atoms with Crippen molar-refractivity contribution >= 4 is 28.6 Å². The number of hydrogen-bond donors (Lipinski definition) is 0.